The van der Waals surface area contributed by atoms with E-state index in [0.717, 1.165) is 67.5 Å². The van der Waals surface area contributed by atoms with E-state index in [-0.39, 0.29) is 5.92 Å². The maximum absolute atomic E-state index is 10.8. The quantitative estimate of drug-likeness (QED) is 0.664. The molecule has 0 spiro atoms. The minimum Gasteiger partial charge on any atom is -0.381 e. The summed E-state index contributed by atoms with van der Waals surface area (Å²) in [6.45, 7) is 1.63. The van der Waals surface area contributed by atoms with Crippen molar-refractivity contribution >= 4 is 17.3 Å². The van der Waals surface area contributed by atoms with Gasteiger partial charge in [0.05, 0.1) is 35.2 Å². The largest absolute Gasteiger partial charge is 0.381 e. The van der Waals surface area contributed by atoms with E-state index in [9.17, 15) is 4.79 Å². The highest BCUT2D eigenvalue weighted by atomic mass is 16.5. The first-order chi connectivity index (χ1) is 13.3. The SMILES string of the molecule is O=CC1CC(n2cc(-c3cnc4c(C5CCOCC5)cccc4n3)cn2)C1. The maximum Gasteiger partial charge on any atom is 0.123 e. The van der Waals surface area contributed by atoms with Crippen molar-refractivity contribution < 1.29 is 9.53 Å². The van der Waals surface area contributed by atoms with Crippen LogP contribution >= 0.6 is 0 Å². The molecule has 6 heteroatoms. The summed E-state index contributed by atoms with van der Waals surface area (Å²) in [6, 6.07) is 6.59. The smallest absolute Gasteiger partial charge is 0.123 e. The van der Waals surface area contributed by atoms with Gasteiger partial charge in [0.15, 0.2) is 0 Å². The molecule has 3 heterocycles. The number of ether oxygens (including phenoxy) is 1. The van der Waals surface area contributed by atoms with Gasteiger partial charge in [-0.2, -0.15) is 5.10 Å². The van der Waals surface area contributed by atoms with E-state index in [1.54, 1.807) is 0 Å². The molecule has 6 nitrogen and oxygen atoms in total. The Morgan fingerprint density at radius 1 is 1.15 bits per heavy atom. The highest BCUT2D eigenvalue weighted by Gasteiger charge is 2.30. The van der Waals surface area contributed by atoms with Gasteiger partial charge in [0, 0.05) is 30.9 Å². The van der Waals surface area contributed by atoms with E-state index in [1.807, 2.05) is 29.3 Å². The predicted octanol–water partition coefficient (Wildman–Crippen LogP) is 3.54. The van der Waals surface area contributed by atoms with Crippen LogP contribution in [-0.4, -0.2) is 39.2 Å². The van der Waals surface area contributed by atoms with Gasteiger partial charge in [-0.3, -0.25) is 9.67 Å². The van der Waals surface area contributed by atoms with Crippen molar-refractivity contribution in [1.82, 2.24) is 19.7 Å². The first-order valence-electron chi connectivity index (χ1n) is 9.65. The monoisotopic (exact) mass is 362 g/mol. The molecule has 0 radical (unpaired) electrons. The number of benzene rings is 1. The molecular weight excluding hydrogens is 340 g/mol. The molecule has 2 aliphatic rings. The van der Waals surface area contributed by atoms with E-state index in [1.165, 1.54) is 5.56 Å². The molecule has 0 amide bonds. The number of carbonyl (C=O) groups is 1. The second kappa shape index (κ2) is 6.85. The molecule has 0 bridgehead atoms. The summed E-state index contributed by atoms with van der Waals surface area (Å²) in [6.07, 6.45) is 10.6. The lowest BCUT2D eigenvalue weighted by Gasteiger charge is -2.31. The zero-order valence-electron chi connectivity index (χ0n) is 15.1. The highest BCUT2D eigenvalue weighted by Crippen LogP contribution is 2.37. The molecule has 0 N–H and O–H groups in total. The normalized spacial score (nSPS) is 23.3. The van der Waals surface area contributed by atoms with Crippen molar-refractivity contribution in [2.75, 3.05) is 13.2 Å². The number of carbonyl (C=O) groups excluding carboxylic acids is 1. The van der Waals surface area contributed by atoms with Crippen molar-refractivity contribution in [3.05, 3.63) is 42.4 Å². The minimum atomic E-state index is 0.187. The molecule has 1 aliphatic heterocycles. The lowest BCUT2D eigenvalue weighted by molar-refractivity contribution is -0.114. The lowest BCUT2D eigenvalue weighted by atomic mass is 9.81. The van der Waals surface area contributed by atoms with Gasteiger partial charge in [-0.15, -0.1) is 0 Å². The van der Waals surface area contributed by atoms with Crippen LogP contribution in [0.5, 0.6) is 0 Å². The second-order valence-electron chi connectivity index (χ2n) is 7.59. The van der Waals surface area contributed by atoms with Gasteiger partial charge in [0.1, 0.15) is 6.29 Å². The van der Waals surface area contributed by atoms with E-state index >= 15 is 0 Å². The number of rotatable bonds is 4. The fraction of sp³-hybridized carbons (Fsp3) is 0.429. The summed E-state index contributed by atoms with van der Waals surface area (Å²) in [5.41, 5.74) is 5.00. The average Bonchev–Trinajstić information content (AvgIpc) is 3.17. The summed E-state index contributed by atoms with van der Waals surface area (Å²) in [4.78, 5) is 20.4. The first-order valence-corrected chi connectivity index (χ1v) is 9.65. The summed E-state index contributed by atoms with van der Waals surface area (Å²) in [5, 5.41) is 4.47. The molecule has 0 atom stereocenters. The number of para-hydroxylation sites is 1. The van der Waals surface area contributed by atoms with Crippen LogP contribution in [-0.2, 0) is 9.53 Å². The summed E-state index contributed by atoms with van der Waals surface area (Å²) in [5.74, 6) is 0.682. The Hall–Kier alpha value is -2.60. The molecule has 5 rings (SSSR count). The maximum atomic E-state index is 10.8. The third-order valence-electron chi connectivity index (χ3n) is 5.88. The van der Waals surface area contributed by atoms with E-state index in [4.69, 9.17) is 14.7 Å². The fourth-order valence-electron chi connectivity index (χ4n) is 4.17. The molecule has 1 aliphatic carbocycles. The zero-order chi connectivity index (χ0) is 18.2. The van der Waals surface area contributed by atoms with Crippen LogP contribution in [0.1, 0.15) is 43.2 Å². The third-order valence-corrected chi connectivity index (χ3v) is 5.88. The number of aromatic nitrogens is 4. The van der Waals surface area contributed by atoms with Crippen molar-refractivity contribution in [3.8, 4) is 11.3 Å². The number of fused-ring (bicyclic) bond motifs is 1. The topological polar surface area (TPSA) is 69.9 Å². The second-order valence-corrected chi connectivity index (χ2v) is 7.59. The van der Waals surface area contributed by atoms with Crippen molar-refractivity contribution in [3.63, 3.8) is 0 Å². The molecule has 138 valence electrons. The molecular formula is C21H22N4O2. The summed E-state index contributed by atoms with van der Waals surface area (Å²) in [7, 11) is 0. The Balaban J connectivity index is 1.43. The van der Waals surface area contributed by atoms with Gasteiger partial charge in [-0.05, 0) is 43.2 Å². The summed E-state index contributed by atoms with van der Waals surface area (Å²) >= 11 is 0. The van der Waals surface area contributed by atoms with Crippen LogP contribution in [0.4, 0.5) is 0 Å². The summed E-state index contributed by atoms with van der Waals surface area (Å²) < 4.78 is 7.45. The van der Waals surface area contributed by atoms with E-state index in [2.05, 4.69) is 17.2 Å². The Morgan fingerprint density at radius 2 is 2.00 bits per heavy atom. The van der Waals surface area contributed by atoms with Gasteiger partial charge in [0.2, 0.25) is 0 Å². The van der Waals surface area contributed by atoms with Crippen molar-refractivity contribution in [2.45, 2.75) is 37.6 Å². The molecule has 1 saturated heterocycles. The number of nitrogens with zero attached hydrogens (tertiary/aromatic N) is 4. The predicted molar refractivity (Wildman–Crippen MR) is 101 cm³/mol. The van der Waals surface area contributed by atoms with Gasteiger partial charge in [0.25, 0.3) is 0 Å². The van der Waals surface area contributed by atoms with Crippen molar-refractivity contribution in [1.29, 1.82) is 0 Å². The van der Waals surface area contributed by atoms with Gasteiger partial charge in [-0.25, -0.2) is 4.98 Å². The Labute approximate surface area is 157 Å². The first kappa shape index (κ1) is 16.6. The Bertz CT molecular complexity index is 971. The molecule has 27 heavy (non-hydrogen) atoms. The fourth-order valence-corrected chi connectivity index (χ4v) is 4.17. The van der Waals surface area contributed by atoms with Crippen LogP contribution in [0.25, 0.3) is 22.3 Å². The van der Waals surface area contributed by atoms with E-state index in [0.29, 0.717) is 12.0 Å². The number of aldehydes is 1. The highest BCUT2D eigenvalue weighted by molar-refractivity contribution is 5.80. The number of hydrogen-bond acceptors (Lipinski definition) is 5. The Kier molecular flexibility index (Phi) is 4.20. The standard InChI is InChI=1S/C21H22N4O2/c26-13-14-8-17(9-14)25-12-16(10-23-25)20-11-22-21-18(2-1-3-19(21)24-20)15-4-6-27-7-5-15/h1-3,10-15,17H,4-9H2. The minimum absolute atomic E-state index is 0.187. The van der Waals surface area contributed by atoms with Gasteiger partial charge in [-0.1, -0.05) is 12.1 Å². The molecule has 1 aromatic carbocycles. The van der Waals surface area contributed by atoms with Crippen LogP contribution in [0.15, 0.2) is 36.8 Å². The van der Waals surface area contributed by atoms with Crippen LogP contribution in [0.3, 0.4) is 0 Å². The Morgan fingerprint density at radius 3 is 2.81 bits per heavy atom. The molecule has 3 aromatic rings. The molecule has 2 aromatic heterocycles. The number of hydrogen-bond donors (Lipinski definition) is 0. The third kappa shape index (κ3) is 3.04. The molecule has 0 unspecified atom stereocenters. The van der Waals surface area contributed by atoms with Crippen LogP contribution in [0.2, 0.25) is 0 Å². The average molecular weight is 362 g/mol. The van der Waals surface area contributed by atoms with E-state index < -0.39 is 0 Å². The van der Waals surface area contributed by atoms with Gasteiger partial charge < -0.3 is 9.53 Å². The lowest BCUT2D eigenvalue weighted by Crippen LogP contribution is -2.27. The molecule has 1 saturated carbocycles. The van der Waals surface area contributed by atoms with Crippen LogP contribution < -0.4 is 0 Å². The van der Waals surface area contributed by atoms with Crippen molar-refractivity contribution in [2.24, 2.45) is 5.92 Å². The van der Waals surface area contributed by atoms with Gasteiger partial charge >= 0.3 is 0 Å². The van der Waals surface area contributed by atoms with Crippen LogP contribution in [0, 0.1) is 5.92 Å². The zero-order valence-corrected chi connectivity index (χ0v) is 15.1. The molecule has 2 fully saturated rings.